The van der Waals surface area contributed by atoms with E-state index >= 15 is 0 Å². The molecule has 0 aliphatic heterocycles. The number of hydrogen-bond donors (Lipinski definition) is 1. The molecule has 0 fully saturated rings. The van der Waals surface area contributed by atoms with E-state index in [1.807, 2.05) is 30.3 Å². The second-order valence-corrected chi connectivity index (χ2v) is 5.85. The van der Waals surface area contributed by atoms with Crippen LogP contribution in [0.15, 0.2) is 53.1 Å². The van der Waals surface area contributed by atoms with Gasteiger partial charge in [0.15, 0.2) is 0 Å². The minimum atomic E-state index is -0.371. The Balaban J connectivity index is 1.91. The Labute approximate surface area is 135 Å². The van der Waals surface area contributed by atoms with Gasteiger partial charge in [-0.3, -0.25) is 4.98 Å². The number of para-hydroxylation sites is 1. The largest absolute Gasteiger partial charge is 0.379 e. The smallest absolute Gasteiger partial charge is 0.125 e. The molecule has 2 nitrogen and oxygen atoms in total. The van der Waals surface area contributed by atoms with E-state index in [2.05, 4.69) is 26.2 Å². The van der Waals surface area contributed by atoms with Crippen molar-refractivity contribution in [1.82, 2.24) is 4.98 Å². The van der Waals surface area contributed by atoms with Gasteiger partial charge in [-0.25, -0.2) is 4.39 Å². The van der Waals surface area contributed by atoms with Crippen LogP contribution >= 0.6 is 27.5 Å². The van der Waals surface area contributed by atoms with Crippen LogP contribution in [0.4, 0.5) is 10.1 Å². The topological polar surface area (TPSA) is 24.9 Å². The molecule has 0 radical (unpaired) electrons. The summed E-state index contributed by atoms with van der Waals surface area (Å²) in [6, 6.07) is 12.6. The zero-order valence-electron chi connectivity index (χ0n) is 10.9. The number of hydrogen-bond acceptors (Lipinski definition) is 2. The van der Waals surface area contributed by atoms with Crippen LogP contribution in [0.5, 0.6) is 0 Å². The first-order valence-electron chi connectivity index (χ1n) is 6.36. The van der Waals surface area contributed by atoms with E-state index in [4.69, 9.17) is 11.6 Å². The average molecular weight is 366 g/mol. The normalized spacial score (nSPS) is 10.8. The minimum absolute atomic E-state index is 0.343. The molecule has 1 N–H and O–H groups in total. The number of benzene rings is 2. The van der Waals surface area contributed by atoms with Gasteiger partial charge in [-0.2, -0.15) is 0 Å². The number of rotatable bonds is 3. The highest BCUT2D eigenvalue weighted by atomic mass is 79.9. The van der Waals surface area contributed by atoms with Crippen molar-refractivity contribution in [3.8, 4) is 0 Å². The molecule has 0 spiro atoms. The molecule has 0 unspecified atom stereocenters. The van der Waals surface area contributed by atoms with Gasteiger partial charge >= 0.3 is 0 Å². The van der Waals surface area contributed by atoms with Gasteiger partial charge in [0.05, 0.1) is 16.2 Å². The second-order valence-electron chi connectivity index (χ2n) is 4.59. The van der Waals surface area contributed by atoms with Crippen LogP contribution < -0.4 is 5.32 Å². The summed E-state index contributed by atoms with van der Waals surface area (Å²) in [5.41, 5.74) is 2.67. The van der Waals surface area contributed by atoms with Crippen LogP contribution in [-0.2, 0) is 6.54 Å². The fraction of sp³-hybridized carbons (Fsp3) is 0.0625. The van der Waals surface area contributed by atoms with Gasteiger partial charge in [-0.15, -0.1) is 0 Å². The number of nitrogens with one attached hydrogen (secondary N) is 1. The van der Waals surface area contributed by atoms with Gasteiger partial charge in [0.1, 0.15) is 5.82 Å². The number of pyridine rings is 1. The van der Waals surface area contributed by atoms with E-state index in [0.717, 1.165) is 16.5 Å². The van der Waals surface area contributed by atoms with E-state index in [-0.39, 0.29) is 5.82 Å². The Morgan fingerprint density at radius 1 is 1.19 bits per heavy atom. The second kappa shape index (κ2) is 6.00. The van der Waals surface area contributed by atoms with Crippen molar-refractivity contribution in [3.05, 3.63) is 69.5 Å². The highest BCUT2D eigenvalue weighted by Gasteiger charge is 2.09. The Morgan fingerprint density at radius 3 is 2.81 bits per heavy atom. The molecule has 0 aliphatic rings. The number of fused-ring (bicyclic) bond motifs is 1. The molecule has 2 aromatic carbocycles. The summed E-state index contributed by atoms with van der Waals surface area (Å²) < 4.78 is 13.8. The summed E-state index contributed by atoms with van der Waals surface area (Å²) in [4.78, 5) is 4.41. The summed E-state index contributed by atoms with van der Waals surface area (Å²) in [7, 11) is 0. The Morgan fingerprint density at radius 2 is 2.00 bits per heavy atom. The molecule has 0 bridgehead atoms. The summed E-state index contributed by atoms with van der Waals surface area (Å²) in [5, 5.41) is 4.66. The quantitative estimate of drug-likeness (QED) is 0.672. The first-order valence-corrected chi connectivity index (χ1v) is 7.53. The summed E-state index contributed by atoms with van der Waals surface area (Å²) in [6.07, 6.45) is 1.77. The average Bonchev–Trinajstić information content (AvgIpc) is 2.46. The van der Waals surface area contributed by atoms with Crippen molar-refractivity contribution >= 4 is 44.1 Å². The molecular formula is C16H11BrClFN2. The standard InChI is InChI=1S/C16H11BrClFN2/c17-13-7-12(19)8-14(18)16(13)21-9-11-4-1-3-10-5-2-6-20-15(10)11/h1-8,21H,9H2. The zero-order valence-corrected chi connectivity index (χ0v) is 13.2. The monoisotopic (exact) mass is 364 g/mol. The molecular weight excluding hydrogens is 355 g/mol. The third-order valence-corrected chi connectivity index (χ3v) is 4.10. The zero-order chi connectivity index (χ0) is 14.8. The summed E-state index contributed by atoms with van der Waals surface area (Å²) in [5.74, 6) is -0.371. The van der Waals surface area contributed by atoms with Crippen molar-refractivity contribution in [2.24, 2.45) is 0 Å². The van der Waals surface area contributed by atoms with E-state index in [1.165, 1.54) is 12.1 Å². The van der Waals surface area contributed by atoms with Crippen molar-refractivity contribution in [3.63, 3.8) is 0 Å². The van der Waals surface area contributed by atoms with Crippen molar-refractivity contribution in [2.45, 2.75) is 6.54 Å². The summed E-state index contributed by atoms with van der Waals surface area (Å²) >= 11 is 9.39. The van der Waals surface area contributed by atoms with Crippen LogP contribution in [0.25, 0.3) is 10.9 Å². The molecule has 21 heavy (non-hydrogen) atoms. The summed E-state index contributed by atoms with van der Waals surface area (Å²) in [6.45, 7) is 0.554. The number of anilines is 1. The third kappa shape index (κ3) is 3.01. The van der Waals surface area contributed by atoms with Crippen molar-refractivity contribution in [1.29, 1.82) is 0 Å². The Kier molecular flexibility index (Phi) is 4.08. The van der Waals surface area contributed by atoms with Crippen LogP contribution in [-0.4, -0.2) is 4.98 Å². The van der Waals surface area contributed by atoms with Crippen molar-refractivity contribution in [2.75, 3.05) is 5.32 Å². The lowest BCUT2D eigenvalue weighted by atomic mass is 10.1. The molecule has 3 rings (SSSR count). The maximum Gasteiger partial charge on any atom is 0.125 e. The molecule has 106 valence electrons. The molecule has 0 amide bonds. The van der Waals surface area contributed by atoms with Crippen LogP contribution in [0, 0.1) is 5.82 Å². The van der Waals surface area contributed by atoms with E-state index < -0.39 is 0 Å². The third-order valence-electron chi connectivity index (χ3n) is 3.18. The molecule has 0 aliphatic carbocycles. The van der Waals surface area contributed by atoms with Crippen LogP contribution in [0.3, 0.4) is 0 Å². The highest BCUT2D eigenvalue weighted by Crippen LogP contribution is 2.32. The highest BCUT2D eigenvalue weighted by molar-refractivity contribution is 9.10. The lowest BCUT2D eigenvalue weighted by Crippen LogP contribution is -2.02. The van der Waals surface area contributed by atoms with Gasteiger partial charge in [-0.05, 0) is 39.7 Å². The number of nitrogens with zero attached hydrogens (tertiary/aromatic N) is 1. The molecule has 0 saturated heterocycles. The SMILES string of the molecule is Fc1cc(Cl)c(NCc2cccc3cccnc23)c(Br)c1. The van der Waals surface area contributed by atoms with E-state index in [9.17, 15) is 4.39 Å². The van der Waals surface area contributed by atoms with Gasteiger partial charge in [0.25, 0.3) is 0 Å². The molecule has 1 heterocycles. The van der Waals surface area contributed by atoms with E-state index in [0.29, 0.717) is 21.7 Å². The van der Waals surface area contributed by atoms with Gasteiger partial charge in [0, 0.05) is 22.6 Å². The van der Waals surface area contributed by atoms with Gasteiger partial charge in [-0.1, -0.05) is 35.9 Å². The molecule has 5 heteroatoms. The van der Waals surface area contributed by atoms with Crippen LogP contribution in [0.2, 0.25) is 5.02 Å². The molecule has 3 aromatic rings. The lowest BCUT2D eigenvalue weighted by molar-refractivity contribution is 0.627. The Hall–Kier alpha value is -1.65. The fourth-order valence-corrected chi connectivity index (χ4v) is 3.16. The van der Waals surface area contributed by atoms with Crippen molar-refractivity contribution < 1.29 is 4.39 Å². The Bertz CT molecular complexity index is 779. The lowest BCUT2D eigenvalue weighted by Gasteiger charge is -2.12. The minimum Gasteiger partial charge on any atom is -0.379 e. The van der Waals surface area contributed by atoms with E-state index in [1.54, 1.807) is 6.20 Å². The number of halogens is 3. The predicted molar refractivity (Wildman–Crippen MR) is 88.2 cm³/mol. The van der Waals surface area contributed by atoms with Gasteiger partial charge < -0.3 is 5.32 Å². The number of aromatic nitrogens is 1. The maximum atomic E-state index is 13.2. The predicted octanol–water partition coefficient (Wildman–Crippen LogP) is 5.40. The maximum absolute atomic E-state index is 13.2. The van der Waals surface area contributed by atoms with Crippen LogP contribution in [0.1, 0.15) is 5.56 Å². The molecule has 0 atom stereocenters. The molecule has 1 aromatic heterocycles. The van der Waals surface area contributed by atoms with Gasteiger partial charge in [0.2, 0.25) is 0 Å². The first-order chi connectivity index (χ1) is 10.1. The molecule has 0 saturated carbocycles. The fourth-order valence-electron chi connectivity index (χ4n) is 2.20. The first kappa shape index (κ1) is 14.3.